The molecule has 0 aromatic carbocycles. The summed E-state index contributed by atoms with van der Waals surface area (Å²) in [7, 11) is 0. The normalized spacial score (nSPS) is 11.8. The number of rotatable bonds is 15. The van der Waals surface area contributed by atoms with Crippen molar-refractivity contribution in [2.24, 2.45) is 5.73 Å². The molecule has 0 bridgehead atoms. The molecule has 1 atom stereocenters. The van der Waals surface area contributed by atoms with E-state index in [1.807, 2.05) is 0 Å². The highest BCUT2D eigenvalue weighted by Crippen LogP contribution is 1.96. The van der Waals surface area contributed by atoms with E-state index >= 15 is 0 Å². The van der Waals surface area contributed by atoms with Crippen LogP contribution in [-0.2, 0) is 28.8 Å². The third kappa shape index (κ3) is 12.2. The summed E-state index contributed by atoms with van der Waals surface area (Å²) in [4.78, 5) is 68.4. The SMILES string of the molecule is NC(=O)[C@H](CC(=O)O)NC(=O)CN(CCN(CC(=O)O)CC(=O)O)CC(=O)O. The molecule has 0 rings (SSSR count). The Morgan fingerprint density at radius 3 is 1.43 bits per heavy atom. The van der Waals surface area contributed by atoms with Crippen LogP contribution < -0.4 is 11.1 Å². The Bertz CT molecular complexity index is 607. The molecule has 0 saturated heterocycles. The van der Waals surface area contributed by atoms with Gasteiger partial charge in [-0.15, -0.1) is 0 Å². The Hall–Kier alpha value is -3.26. The van der Waals surface area contributed by atoms with Crippen molar-refractivity contribution < 1.29 is 49.2 Å². The number of primary amides is 1. The average Bonchev–Trinajstić information content (AvgIpc) is 2.49. The number of hydrogen-bond donors (Lipinski definition) is 6. The van der Waals surface area contributed by atoms with Crippen LogP contribution in [0.1, 0.15) is 6.42 Å². The number of amides is 2. The fourth-order valence-corrected chi connectivity index (χ4v) is 2.13. The summed E-state index contributed by atoms with van der Waals surface area (Å²) < 4.78 is 0. The van der Waals surface area contributed by atoms with E-state index in [-0.39, 0.29) is 13.1 Å². The lowest BCUT2D eigenvalue weighted by atomic mass is 10.2. The third-order valence-corrected chi connectivity index (χ3v) is 3.23. The van der Waals surface area contributed by atoms with E-state index in [4.69, 9.17) is 26.2 Å². The number of hydrogen-bond acceptors (Lipinski definition) is 8. The van der Waals surface area contributed by atoms with E-state index in [1.165, 1.54) is 0 Å². The Morgan fingerprint density at radius 2 is 1.11 bits per heavy atom. The summed E-state index contributed by atoms with van der Waals surface area (Å²) >= 11 is 0. The molecule has 0 heterocycles. The lowest BCUT2D eigenvalue weighted by Crippen LogP contribution is -2.50. The maximum absolute atomic E-state index is 12.0. The summed E-state index contributed by atoms with van der Waals surface area (Å²) in [6, 6.07) is -1.49. The first-order valence-corrected chi connectivity index (χ1v) is 7.81. The van der Waals surface area contributed by atoms with Crippen LogP contribution in [0.5, 0.6) is 0 Å². The van der Waals surface area contributed by atoms with Gasteiger partial charge in [-0.05, 0) is 0 Å². The average molecular weight is 406 g/mol. The molecule has 7 N–H and O–H groups in total. The van der Waals surface area contributed by atoms with Crippen molar-refractivity contribution in [3.63, 3.8) is 0 Å². The van der Waals surface area contributed by atoms with Gasteiger partial charge in [0.1, 0.15) is 6.04 Å². The Morgan fingerprint density at radius 1 is 0.714 bits per heavy atom. The molecule has 28 heavy (non-hydrogen) atoms. The van der Waals surface area contributed by atoms with E-state index in [9.17, 15) is 28.8 Å². The van der Waals surface area contributed by atoms with Gasteiger partial charge in [-0.25, -0.2) is 0 Å². The van der Waals surface area contributed by atoms with Crippen LogP contribution in [0.3, 0.4) is 0 Å². The first-order chi connectivity index (χ1) is 12.9. The number of carboxylic acid groups (broad SMARTS) is 4. The highest BCUT2D eigenvalue weighted by atomic mass is 16.4. The Balaban J connectivity index is 4.95. The zero-order valence-electron chi connectivity index (χ0n) is 14.7. The second-order valence-electron chi connectivity index (χ2n) is 5.72. The van der Waals surface area contributed by atoms with Crippen LogP contribution in [0.4, 0.5) is 0 Å². The molecule has 0 aliphatic heterocycles. The molecule has 0 radical (unpaired) electrons. The number of carbonyl (C=O) groups excluding carboxylic acids is 2. The van der Waals surface area contributed by atoms with Crippen molar-refractivity contribution >= 4 is 35.7 Å². The molecule has 158 valence electrons. The summed E-state index contributed by atoms with van der Waals surface area (Å²) in [5.74, 6) is -7.25. The fraction of sp³-hybridized carbons (Fsp3) is 0.571. The molecule has 14 nitrogen and oxygen atoms in total. The van der Waals surface area contributed by atoms with Crippen LogP contribution in [0.25, 0.3) is 0 Å². The van der Waals surface area contributed by atoms with Crippen molar-refractivity contribution in [2.45, 2.75) is 12.5 Å². The highest BCUT2D eigenvalue weighted by molar-refractivity contribution is 5.90. The van der Waals surface area contributed by atoms with Gasteiger partial charge in [-0.2, -0.15) is 0 Å². The first-order valence-electron chi connectivity index (χ1n) is 7.81. The zero-order valence-corrected chi connectivity index (χ0v) is 14.7. The minimum absolute atomic E-state index is 0.173. The largest absolute Gasteiger partial charge is 0.481 e. The maximum Gasteiger partial charge on any atom is 0.317 e. The standard InChI is InChI=1S/C14H22N4O10/c15-14(28)8(3-10(20)21)16-9(19)4-17(5-11(22)23)1-2-18(6-12(24)25)7-13(26)27/h8H,1-7H2,(H2,15,28)(H,16,19)(H,20,21)(H,22,23)(H,24,25)(H,26,27)/t8-/m0/s1. The smallest absolute Gasteiger partial charge is 0.317 e. The minimum Gasteiger partial charge on any atom is -0.481 e. The molecule has 0 saturated carbocycles. The molecule has 0 aliphatic rings. The molecule has 0 fully saturated rings. The van der Waals surface area contributed by atoms with Crippen LogP contribution in [-0.4, -0.2) is 111 Å². The lowest BCUT2D eigenvalue weighted by Gasteiger charge is -2.25. The van der Waals surface area contributed by atoms with Gasteiger partial charge in [-0.3, -0.25) is 38.6 Å². The van der Waals surface area contributed by atoms with Gasteiger partial charge in [-0.1, -0.05) is 0 Å². The van der Waals surface area contributed by atoms with Gasteiger partial charge in [0.05, 0.1) is 32.6 Å². The molecule has 0 unspecified atom stereocenters. The van der Waals surface area contributed by atoms with Gasteiger partial charge in [0.15, 0.2) is 0 Å². The van der Waals surface area contributed by atoms with Crippen molar-refractivity contribution in [1.82, 2.24) is 15.1 Å². The van der Waals surface area contributed by atoms with Crippen molar-refractivity contribution in [3.8, 4) is 0 Å². The zero-order chi connectivity index (χ0) is 21.9. The summed E-state index contributed by atoms with van der Waals surface area (Å²) in [5.41, 5.74) is 4.99. The van der Waals surface area contributed by atoms with Crippen LogP contribution in [0.2, 0.25) is 0 Å². The van der Waals surface area contributed by atoms with Gasteiger partial charge in [0.2, 0.25) is 11.8 Å². The predicted octanol–water partition coefficient (Wildman–Crippen LogP) is -3.71. The van der Waals surface area contributed by atoms with Gasteiger partial charge >= 0.3 is 23.9 Å². The maximum atomic E-state index is 12.0. The number of carboxylic acids is 4. The van der Waals surface area contributed by atoms with Crippen molar-refractivity contribution in [3.05, 3.63) is 0 Å². The number of aliphatic carboxylic acids is 4. The van der Waals surface area contributed by atoms with Gasteiger partial charge < -0.3 is 31.5 Å². The lowest BCUT2D eigenvalue weighted by molar-refractivity contribution is -0.144. The summed E-state index contributed by atoms with van der Waals surface area (Å²) in [5, 5.41) is 37.2. The van der Waals surface area contributed by atoms with E-state index < -0.39 is 74.3 Å². The topological polar surface area (TPSA) is 228 Å². The molecular weight excluding hydrogens is 384 g/mol. The Labute approximate surface area is 158 Å². The van der Waals surface area contributed by atoms with Gasteiger partial charge in [0, 0.05) is 13.1 Å². The second kappa shape index (κ2) is 12.2. The first kappa shape index (κ1) is 24.7. The number of nitrogens with zero attached hydrogens (tertiary/aromatic N) is 2. The molecule has 0 aromatic rings. The van der Waals surface area contributed by atoms with E-state index in [0.29, 0.717) is 0 Å². The molecular formula is C14H22N4O10. The number of nitrogens with two attached hydrogens (primary N) is 1. The Kier molecular flexibility index (Phi) is 10.8. The van der Waals surface area contributed by atoms with E-state index in [1.54, 1.807) is 0 Å². The summed E-state index contributed by atoms with van der Waals surface area (Å²) in [6.45, 7) is -2.78. The third-order valence-electron chi connectivity index (χ3n) is 3.23. The fourth-order valence-electron chi connectivity index (χ4n) is 2.13. The molecule has 14 heteroatoms. The van der Waals surface area contributed by atoms with E-state index in [0.717, 1.165) is 9.80 Å². The van der Waals surface area contributed by atoms with Crippen molar-refractivity contribution in [2.75, 3.05) is 39.3 Å². The molecule has 0 spiro atoms. The molecule has 0 aromatic heterocycles. The van der Waals surface area contributed by atoms with Crippen LogP contribution in [0, 0.1) is 0 Å². The number of carbonyl (C=O) groups is 6. The van der Waals surface area contributed by atoms with Crippen LogP contribution >= 0.6 is 0 Å². The minimum atomic E-state index is -1.49. The van der Waals surface area contributed by atoms with E-state index in [2.05, 4.69) is 5.32 Å². The predicted molar refractivity (Wildman–Crippen MR) is 89.2 cm³/mol. The summed E-state index contributed by atoms with van der Waals surface area (Å²) in [6.07, 6.45) is -0.759. The number of nitrogens with one attached hydrogen (secondary N) is 1. The molecule has 2 amide bonds. The van der Waals surface area contributed by atoms with Gasteiger partial charge in [0.25, 0.3) is 0 Å². The second-order valence-corrected chi connectivity index (χ2v) is 5.72. The monoisotopic (exact) mass is 406 g/mol. The van der Waals surface area contributed by atoms with Crippen LogP contribution in [0.15, 0.2) is 0 Å². The van der Waals surface area contributed by atoms with Crippen molar-refractivity contribution in [1.29, 1.82) is 0 Å². The highest BCUT2D eigenvalue weighted by Gasteiger charge is 2.23. The quantitative estimate of drug-likeness (QED) is 0.154. The molecule has 0 aliphatic carbocycles.